The van der Waals surface area contributed by atoms with E-state index in [4.69, 9.17) is 5.73 Å². The Kier molecular flexibility index (Phi) is 11.4. The molecule has 3 aromatic heterocycles. The fourth-order valence-electron chi connectivity index (χ4n) is 3.70. The Morgan fingerprint density at radius 1 is 1.18 bits per heavy atom. The van der Waals surface area contributed by atoms with Crippen LogP contribution < -0.4 is 11.1 Å². The molecule has 1 aliphatic heterocycles. The van der Waals surface area contributed by atoms with E-state index in [1.54, 1.807) is 23.5 Å². The number of nitrogens with zero attached hydrogens (tertiary/aromatic N) is 7. The molecule has 3 N–H and O–H groups in total. The van der Waals surface area contributed by atoms with Crippen molar-refractivity contribution >= 4 is 23.0 Å². The second kappa shape index (κ2) is 14.0. The Morgan fingerprint density at radius 3 is 2.37 bits per heavy atom. The minimum absolute atomic E-state index is 0.0278. The maximum absolute atomic E-state index is 12.4. The van der Waals surface area contributed by atoms with Crippen molar-refractivity contribution in [1.29, 1.82) is 0 Å². The number of aryl methyl sites for hydroxylation is 1. The number of alkyl halides is 4. The van der Waals surface area contributed by atoms with Crippen LogP contribution in [-0.2, 0) is 0 Å². The monoisotopic (exact) mass is 539 g/mol. The molecule has 4 heterocycles. The number of piperidine rings is 1. The van der Waals surface area contributed by atoms with Gasteiger partial charge in [-0.2, -0.15) is 15.2 Å². The van der Waals surface area contributed by atoms with Crippen molar-refractivity contribution in [2.45, 2.75) is 65.3 Å². The summed E-state index contributed by atoms with van der Waals surface area (Å²) in [7, 11) is 3.37. The summed E-state index contributed by atoms with van der Waals surface area (Å²) in [4.78, 5) is 10.7. The van der Waals surface area contributed by atoms with Gasteiger partial charge in [-0.15, -0.1) is 5.10 Å². The van der Waals surface area contributed by atoms with Crippen molar-refractivity contribution in [3.63, 3.8) is 0 Å². The molecule has 38 heavy (non-hydrogen) atoms. The molecule has 4 rings (SSSR count). The Labute approximate surface area is 220 Å². The quantitative estimate of drug-likeness (QED) is 0.294. The Morgan fingerprint density at radius 2 is 1.87 bits per heavy atom. The number of hydrogen-bond acceptors (Lipinski definition) is 8. The highest BCUT2D eigenvalue weighted by Crippen LogP contribution is 2.31. The van der Waals surface area contributed by atoms with Gasteiger partial charge >= 0.3 is 0 Å². The molecule has 0 amide bonds. The van der Waals surface area contributed by atoms with Crippen molar-refractivity contribution in [1.82, 2.24) is 24.5 Å². The molecule has 9 nitrogen and oxygen atoms in total. The first kappa shape index (κ1) is 30.9. The smallest absolute Gasteiger partial charge is 0.260 e. The SMILES string of the molecule is CCC(F)F.CN1CCCC(F)(F)C1.CN=Nc1ccc(-c2ccn3nc(N)nc(NC(C)C)c23)nc1C. The van der Waals surface area contributed by atoms with E-state index in [1.165, 1.54) is 6.92 Å². The molecule has 210 valence electrons. The fourth-order valence-corrected chi connectivity index (χ4v) is 3.70. The summed E-state index contributed by atoms with van der Waals surface area (Å²) in [5.41, 5.74) is 9.97. The van der Waals surface area contributed by atoms with E-state index < -0.39 is 12.3 Å². The van der Waals surface area contributed by atoms with Crippen LogP contribution in [0.2, 0.25) is 0 Å². The Bertz CT molecular complexity index is 1200. The summed E-state index contributed by atoms with van der Waals surface area (Å²) in [5, 5.41) is 15.4. The van der Waals surface area contributed by atoms with E-state index in [-0.39, 0.29) is 31.4 Å². The predicted octanol–water partition coefficient (Wildman–Crippen LogP) is 6.22. The normalized spacial score (nSPS) is 15.4. The van der Waals surface area contributed by atoms with Gasteiger partial charge in [-0.3, -0.25) is 4.98 Å². The average molecular weight is 540 g/mol. The van der Waals surface area contributed by atoms with Gasteiger partial charge in [-0.25, -0.2) is 22.1 Å². The number of rotatable bonds is 5. The second-order valence-corrected chi connectivity index (χ2v) is 9.24. The number of likely N-dealkylation sites (tertiary alicyclic amines) is 1. The number of hydrogen-bond donors (Lipinski definition) is 2. The second-order valence-electron chi connectivity index (χ2n) is 9.24. The van der Waals surface area contributed by atoms with Crippen molar-refractivity contribution in [2.24, 2.45) is 10.2 Å². The summed E-state index contributed by atoms with van der Waals surface area (Å²) in [5.74, 6) is -1.52. The van der Waals surface area contributed by atoms with Crippen LogP contribution in [0.25, 0.3) is 16.8 Å². The molecule has 0 radical (unpaired) electrons. The lowest BCUT2D eigenvalue weighted by molar-refractivity contribution is -0.0571. The molecular formula is C25H37F4N9. The molecule has 1 saturated heterocycles. The minimum atomic E-state index is -2.42. The first-order valence-electron chi connectivity index (χ1n) is 12.4. The van der Waals surface area contributed by atoms with Crippen molar-refractivity contribution < 1.29 is 17.6 Å². The number of pyridine rings is 1. The van der Waals surface area contributed by atoms with Crippen LogP contribution in [0.1, 0.15) is 45.7 Å². The lowest BCUT2D eigenvalue weighted by atomic mass is 10.1. The first-order chi connectivity index (χ1) is 17.9. The van der Waals surface area contributed by atoms with Gasteiger partial charge < -0.3 is 16.0 Å². The molecule has 0 saturated carbocycles. The highest BCUT2D eigenvalue weighted by Gasteiger charge is 2.33. The molecule has 0 atom stereocenters. The van der Waals surface area contributed by atoms with Gasteiger partial charge in [0.05, 0.1) is 17.9 Å². The van der Waals surface area contributed by atoms with E-state index in [2.05, 4.69) is 30.6 Å². The maximum atomic E-state index is 12.4. The largest absolute Gasteiger partial charge is 0.366 e. The number of azo groups is 1. The number of nitrogens with one attached hydrogen (secondary N) is 1. The van der Waals surface area contributed by atoms with Gasteiger partial charge in [0.1, 0.15) is 11.2 Å². The van der Waals surface area contributed by atoms with Crippen LogP contribution in [0.15, 0.2) is 34.6 Å². The third-order valence-corrected chi connectivity index (χ3v) is 5.39. The summed E-state index contributed by atoms with van der Waals surface area (Å²) in [6.07, 6.45) is 0.404. The molecule has 0 aliphatic carbocycles. The number of nitrogens with two attached hydrogens (primary N) is 1. The van der Waals surface area contributed by atoms with Crippen molar-refractivity contribution in [2.75, 3.05) is 38.2 Å². The van der Waals surface area contributed by atoms with E-state index in [0.29, 0.717) is 12.2 Å². The van der Waals surface area contributed by atoms with Gasteiger partial charge in [-0.1, -0.05) is 6.92 Å². The maximum Gasteiger partial charge on any atom is 0.260 e. The first-order valence-corrected chi connectivity index (χ1v) is 12.4. The zero-order valence-corrected chi connectivity index (χ0v) is 22.7. The zero-order valence-electron chi connectivity index (χ0n) is 22.7. The van der Waals surface area contributed by atoms with Gasteiger partial charge in [0.15, 0.2) is 5.82 Å². The van der Waals surface area contributed by atoms with Crippen LogP contribution >= 0.6 is 0 Å². The third kappa shape index (κ3) is 9.19. The van der Waals surface area contributed by atoms with E-state index in [1.807, 2.05) is 45.2 Å². The molecule has 0 bridgehead atoms. The highest BCUT2D eigenvalue weighted by atomic mass is 19.3. The summed E-state index contributed by atoms with van der Waals surface area (Å²) < 4.78 is 48.1. The lowest BCUT2D eigenvalue weighted by Gasteiger charge is -2.28. The van der Waals surface area contributed by atoms with Crippen LogP contribution in [0, 0.1) is 6.92 Å². The van der Waals surface area contributed by atoms with Gasteiger partial charge in [0.2, 0.25) is 12.4 Å². The molecule has 3 aromatic rings. The van der Waals surface area contributed by atoms with Gasteiger partial charge in [0, 0.05) is 37.7 Å². The number of anilines is 2. The van der Waals surface area contributed by atoms with Crippen LogP contribution in [0.5, 0.6) is 0 Å². The molecular weight excluding hydrogens is 502 g/mol. The standard InChI is InChI=1S/C16H20N8.C6H11F2N.C3H6F2/c1-9(2)19-15-14-11(7-8-24(14)23-16(17)21-15)13-6-5-12(22-18-4)10(3)20-13;1-9-4-2-3-6(7,8)5-9;1-2-3(4)5/h5-9H,1-4H3,(H3,17,19,21,23);2-5H2,1H3;3H,2H2,1H3. The zero-order chi connectivity index (χ0) is 28.5. The van der Waals surface area contributed by atoms with Gasteiger partial charge in [-0.05, 0) is 59.0 Å². The minimum Gasteiger partial charge on any atom is -0.366 e. The van der Waals surface area contributed by atoms with Crippen LogP contribution in [0.4, 0.5) is 35.0 Å². The molecule has 0 aromatic carbocycles. The molecule has 0 spiro atoms. The Hall–Kier alpha value is -3.35. The Balaban J connectivity index is 0.000000298. The van der Waals surface area contributed by atoms with E-state index >= 15 is 0 Å². The van der Waals surface area contributed by atoms with Crippen molar-refractivity contribution in [3.05, 3.63) is 30.1 Å². The van der Waals surface area contributed by atoms with Crippen molar-refractivity contribution in [3.8, 4) is 11.3 Å². The van der Waals surface area contributed by atoms with Gasteiger partial charge in [0.25, 0.3) is 5.92 Å². The number of nitrogen functional groups attached to an aromatic ring is 1. The summed E-state index contributed by atoms with van der Waals surface area (Å²) in [6.45, 7) is 8.20. The summed E-state index contributed by atoms with van der Waals surface area (Å²) >= 11 is 0. The third-order valence-electron chi connectivity index (χ3n) is 5.39. The average Bonchev–Trinajstić information content (AvgIpc) is 3.24. The number of aromatic nitrogens is 4. The molecule has 0 unspecified atom stereocenters. The van der Waals surface area contributed by atoms with E-state index in [9.17, 15) is 17.6 Å². The summed E-state index contributed by atoms with van der Waals surface area (Å²) in [6, 6.07) is 5.99. The number of fused-ring (bicyclic) bond motifs is 1. The number of halogens is 4. The highest BCUT2D eigenvalue weighted by molar-refractivity contribution is 5.87. The van der Waals surface area contributed by atoms with Crippen LogP contribution in [0.3, 0.4) is 0 Å². The molecule has 1 aliphatic rings. The lowest BCUT2D eigenvalue weighted by Crippen LogP contribution is -2.39. The van der Waals surface area contributed by atoms with Crippen LogP contribution in [-0.4, -0.2) is 70.1 Å². The molecule has 1 fully saturated rings. The van der Waals surface area contributed by atoms with E-state index in [0.717, 1.165) is 34.7 Å². The topological polar surface area (TPSA) is 109 Å². The predicted molar refractivity (Wildman–Crippen MR) is 143 cm³/mol. The fraction of sp³-hybridized carbons (Fsp3) is 0.560. The molecule has 13 heteroatoms.